The SMILES string of the molecule is CCc1c(C(=O)NCC[NH+](C)C)c(CC(C)C)nn1-c1ccc(F)cc1. The van der Waals surface area contributed by atoms with Crippen LogP contribution in [0.3, 0.4) is 0 Å². The Morgan fingerprint density at radius 2 is 1.92 bits per heavy atom. The molecule has 142 valence electrons. The van der Waals surface area contributed by atoms with E-state index in [2.05, 4.69) is 33.3 Å². The summed E-state index contributed by atoms with van der Waals surface area (Å²) >= 11 is 0. The van der Waals surface area contributed by atoms with E-state index in [-0.39, 0.29) is 11.7 Å². The number of likely N-dealkylation sites (N-methyl/N-ethyl adjacent to an activating group) is 1. The number of aromatic nitrogens is 2. The number of rotatable bonds is 8. The molecular weight excluding hydrogens is 331 g/mol. The summed E-state index contributed by atoms with van der Waals surface area (Å²) in [4.78, 5) is 14.2. The topological polar surface area (TPSA) is 51.4 Å². The van der Waals surface area contributed by atoms with Gasteiger partial charge in [0.2, 0.25) is 0 Å². The van der Waals surface area contributed by atoms with Gasteiger partial charge in [0.05, 0.1) is 49.8 Å². The van der Waals surface area contributed by atoms with Gasteiger partial charge >= 0.3 is 0 Å². The molecular formula is C20H30FN4O+. The van der Waals surface area contributed by atoms with Crippen molar-refractivity contribution in [2.24, 2.45) is 5.92 Å². The molecule has 0 atom stereocenters. The molecule has 1 heterocycles. The van der Waals surface area contributed by atoms with Crippen molar-refractivity contribution in [1.29, 1.82) is 0 Å². The van der Waals surface area contributed by atoms with E-state index >= 15 is 0 Å². The molecule has 0 aliphatic carbocycles. The molecule has 0 saturated heterocycles. The van der Waals surface area contributed by atoms with E-state index in [4.69, 9.17) is 5.10 Å². The summed E-state index contributed by atoms with van der Waals surface area (Å²) in [6.45, 7) is 7.71. The normalized spacial score (nSPS) is 11.4. The Balaban J connectivity index is 2.43. The Morgan fingerprint density at radius 3 is 2.46 bits per heavy atom. The molecule has 0 aliphatic heterocycles. The molecule has 26 heavy (non-hydrogen) atoms. The molecule has 2 N–H and O–H groups in total. The van der Waals surface area contributed by atoms with Crippen molar-refractivity contribution in [1.82, 2.24) is 15.1 Å². The monoisotopic (exact) mass is 361 g/mol. The molecule has 0 radical (unpaired) electrons. The van der Waals surface area contributed by atoms with Crippen LogP contribution in [0.15, 0.2) is 24.3 Å². The van der Waals surface area contributed by atoms with E-state index in [0.717, 1.165) is 30.0 Å². The number of quaternary nitrogens is 1. The molecule has 0 bridgehead atoms. The maximum atomic E-state index is 13.3. The predicted molar refractivity (Wildman–Crippen MR) is 101 cm³/mol. The van der Waals surface area contributed by atoms with E-state index in [1.807, 2.05) is 6.92 Å². The molecule has 1 amide bonds. The Labute approximate surface area is 155 Å². The predicted octanol–water partition coefficient (Wildman–Crippen LogP) is 1.65. The second-order valence-electron chi connectivity index (χ2n) is 7.32. The van der Waals surface area contributed by atoms with Gasteiger partial charge in [0, 0.05) is 0 Å². The lowest BCUT2D eigenvalue weighted by molar-refractivity contribution is -0.856. The van der Waals surface area contributed by atoms with Crippen molar-refractivity contribution in [3.8, 4) is 5.69 Å². The maximum absolute atomic E-state index is 13.3. The molecule has 1 aromatic carbocycles. The van der Waals surface area contributed by atoms with Crippen molar-refractivity contribution < 1.29 is 14.1 Å². The van der Waals surface area contributed by atoms with E-state index in [1.54, 1.807) is 16.8 Å². The van der Waals surface area contributed by atoms with Crippen LogP contribution >= 0.6 is 0 Å². The van der Waals surface area contributed by atoms with Crippen molar-refractivity contribution in [2.75, 3.05) is 27.2 Å². The zero-order valence-corrected chi connectivity index (χ0v) is 16.4. The first kappa shape index (κ1) is 20.1. The number of carbonyl (C=O) groups excluding carboxylic acids is 1. The number of hydrogen-bond acceptors (Lipinski definition) is 2. The van der Waals surface area contributed by atoms with Gasteiger partial charge in [-0.2, -0.15) is 5.10 Å². The Kier molecular flexibility index (Phi) is 6.91. The first-order valence-electron chi connectivity index (χ1n) is 9.27. The zero-order valence-electron chi connectivity index (χ0n) is 16.4. The molecule has 0 fully saturated rings. The second kappa shape index (κ2) is 8.94. The molecule has 1 aromatic heterocycles. The van der Waals surface area contributed by atoms with Gasteiger partial charge < -0.3 is 10.2 Å². The summed E-state index contributed by atoms with van der Waals surface area (Å²) in [6.07, 6.45) is 1.40. The fourth-order valence-corrected chi connectivity index (χ4v) is 2.93. The van der Waals surface area contributed by atoms with Gasteiger partial charge in [-0.1, -0.05) is 20.8 Å². The highest BCUT2D eigenvalue weighted by atomic mass is 19.1. The number of nitrogens with zero attached hydrogens (tertiary/aromatic N) is 2. The van der Waals surface area contributed by atoms with Crippen LogP contribution in [0.4, 0.5) is 4.39 Å². The van der Waals surface area contributed by atoms with Crippen molar-refractivity contribution in [2.45, 2.75) is 33.6 Å². The van der Waals surface area contributed by atoms with Crippen LogP contribution < -0.4 is 10.2 Å². The molecule has 0 aliphatic rings. The third-order valence-electron chi connectivity index (χ3n) is 4.20. The third-order valence-corrected chi connectivity index (χ3v) is 4.20. The van der Waals surface area contributed by atoms with Crippen molar-refractivity contribution in [3.05, 3.63) is 47.0 Å². The highest BCUT2D eigenvalue weighted by Crippen LogP contribution is 2.22. The standard InChI is InChI=1S/C20H29FN4O/c1-6-18-19(20(26)22-11-12-24(4)5)17(13-14(2)3)23-25(18)16-9-7-15(21)8-10-16/h7-10,14H,6,11-13H2,1-5H3,(H,22,26)/p+1. The summed E-state index contributed by atoms with van der Waals surface area (Å²) < 4.78 is 15.1. The highest BCUT2D eigenvalue weighted by Gasteiger charge is 2.24. The number of benzene rings is 1. The maximum Gasteiger partial charge on any atom is 0.255 e. The Hall–Kier alpha value is -2.21. The minimum atomic E-state index is -0.287. The van der Waals surface area contributed by atoms with Crippen LogP contribution in [0.1, 0.15) is 42.5 Å². The summed E-state index contributed by atoms with van der Waals surface area (Å²) in [5.74, 6) is 0.0201. The fraction of sp³-hybridized carbons (Fsp3) is 0.500. The zero-order chi connectivity index (χ0) is 19.3. The first-order valence-corrected chi connectivity index (χ1v) is 9.27. The minimum absolute atomic E-state index is 0.0767. The van der Waals surface area contributed by atoms with Crippen LogP contribution in [0, 0.1) is 11.7 Å². The van der Waals surface area contributed by atoms with Gasteiger partial charge in [0.25, 0.3) is 5.91 Å². The highest BCUT2D eigenvalue weighted by molar-refractivity contribution is 5.96. The number of carbonyl (C=O) groups is 1. The van der Waals surface area contributed by atoms with Gasteiger partial charge in [0.1, 0.15) is 5.82 Å². The van der Waals surface area contributed by atoms with E-state index in [1.165, 1.54) is 17.0 Å². The van der Waals surface area contributed by atoms with Crippen LogP contribution in [-0.4, -0.2) is 42.9 Å². The van der Waals surface area contributed by atoms with Crippen LogP contribution in [-0.2, 0) is 12.8 Å². The molecule has 6 heteroatoms. The van der Waals surface area contributed by atoms with Gasteiger partial charge in [-0.3, -0.25) is 4.79 Å². The summed E-state index contributed by atoms with van der Waals surface area (Å²) in [6, 6.07) is 6.21. The number of hydrogen-bond donors (Lipinski definition) is 2. The average molecular weight is 361 g/mol. The number of nitrogens with one attached hydrogen (secondary N) is 2. The van der Waals surface area contributed by atoms with Gasteiger partial charge in [0.15, 0.2) is 0 Å². The van der Waals surface area contributed by atoms with E-state index in [9.17, 15) is 9.18 Å². The fourth-order valence-electron chi connectivity index (χ4n) is 2.93. The van der Waals surface area contributed by atoms with E-state index < -0.39 is 0 Å². The van der Waals surface area contributed by atoms with Crippen LogP contribution in [0.2, 0.25) is 0 Å². The number of amides is 1. The summed E-state index contributed by atoms with van der Waals surface area (Å²) in [5, 5.41) is 7.73. The van der Waals surface area contributed by atoms with Crippen molar-refractivity contribution >= 4 is 5.91 Å². The molecule has 0 unspecified atom stereocenters. The largest absolute Gasteiger partial charge is 0.346 e. The summed E-state index contributed by atoms with van der Waals surface area (Å²) in [5.41, 5.74) is 3.10. The second-order valence-corrected chi connectivity index (χ2v) is 7.32. The van der Waals surface area contributed by atoms with Gasteiger partial charge in [-0.15, -0.1) is 0 Å². The molecule has 2 aromatic rings. The molecule has 0 saturated carbocycles. The van der Waals surface area contributed by atoms with Crippen LogP contribution in [0.5, 0.6) is 0 Å². The quantitative estimate of drug-likeness (QED) is 0.751. The molecule has 5 nitrogen and oxygen atoms in total. The average Bonchev–Trinajstić information content (AvgIpc) is 2.92. The Bertz CT molecular complexity index is 735. The molecule has 2 rings (SSSR count). The van der Waals surface area contributed by atoms with Crippen molar-refractivity contribution in [3.63, 3.8) is 0 Å². The Morgan fingerprint density at radius 1 is 1.27 bits per heavy atom. The summed E-state index contributed by atoms with van der Waals surface area (Å²) in [7, 11) is 4.11. The minimum Gasteiger partial charge on any atom is -0.346 e. The van der Waals surface area contributed by atoms with Crippen LogP contribution in [0.25, 0.3) is 5.69 Å². The van der Waals surface area contributed by atoms with E-state index in [0.29, 0.717) is 24.4 Å². The lowest BCUT2D eigenvalue weighted by atomic mass is 10.0. The molecule has 0 spiro atoms. The number of halogens is 1. The third kappa shape index (κ3) is 4.91. The van der Waals surface area contributed by atoms with Gasteiger partial charge in [-0.05, 0) is 43.0 Å². The smallest absolute Gasteiger partial charge is 0.255 e. The first-order chi connectivity index (χ1) is 12.3. The lowest BCUT2D eigenvalue weighted by Gasteiger charge is -2.11. The van der Waals surface area contributed by atoms with Gasteiger partial charge in [-0.25, -0.2) is 9.07 Å². The lowest BCUT2D eigenvalue weighted by Crippen LogP contribution is -3.06.